The van der Waals surface area contributed by atoms with Gasteiger partial charge < -0.3 is 5.32 Å². The van der Waals surface area contributed by atoms with Gasteiger partial charge in [-0.2, -0.15) is 0 Å². The smallest absolute Gasteiger partial charge is 0.278 e. The van der Waals surface area contributed by atoms with Gasteiger partial charge in [0, 0.05) is 15.6 Å². The summed E-state index contributed by atoms with van der Waals surface area (Å²) in [6.45, 7) is 4.20. The number of thiophene rings is 1. The summed E-state index contributed by atoms with van der Waals surface area (Å²) < 4.78 is 0. The van der Waals surface area contributed by atoms with E-state index >= 15 is 0 Å². The van der Waals surface area contributed by atoms with Crippen molar-refractivity contribution in [3.05, 3.63) is 92.3 Å². The lowest BCUT2D eigenvalue weighted by molar-refractivity contribution is -0.137. The van der Waals surface area contributed by atoms with Crippen molar-refractivity contribution in [1.29, 1.82) is 0 Å². The first-order valence-electron chi connectivity index (χ1n) is 9.16. The number of nitrogens with one attached hydrogen (secondary N) is 1. The predicted octanol–water partition coefficient (Wildman–Crippen LogP) is 5.41. The molecule has 0 radical (unpaired) electrons. The van der Waals surface area contributed by atoms with Gasteiger partial charge in [0.25, 0.3) is 11.8 Å². The van der Waals surface area contributed by atoms with Crippen LogP contribution >= 0.6 is 22.9 Å². The van der Waals surface area contributed by atoms with E-state index in [2.05, 4.69) is 11.4 Å². The number of halogens is 1. The zero-order valence-electron chi connectivity index (χ0n) is 16.0. The van der Waals surface area contributed by atoms with E-state index in [1.165, 1.54) is 16.2 Å². The molecule has 2 amide bonds. The minimum Gasteiger partial charge on any atom is -0.350 e. The molecule has 0 saturated carbocycles. The van der Waals surface area contributed by atoms with Crippen LogP contribution in [0.3, 0.4) is 0 Å². The molecule has 3 aromatic rings. The van der Waals surface area contributed by atoms with E-state index in [4.69, 9.17) is 11.6 Å². The maximum absolute atomic E-state index is 13.2. The third kappa shape index (κ3) is 3.97. The van der Waals surface area contributed by atoms with Crippen LogP contribution in [0.25, 0.3) is 5.57 Å². The van der Waals surface area contributed by atoms with Crippen LogP contribution in [-0.4, -0.2) is 16.7 Å². The first kappa shape index (κ1) is 19.4. The number of carbonyl (C=O) groups excluding carboxylic acids is 2. The van der Waals surface area contributed by atoms with Crippen LogP contribution in [0.15, 0.2) is 65.7 Å². The lowest BCUT2D eigenvalue weighted by Gasteiger charge is -2.15. The standard InChI is InChI=1S/C23H19ClN2O2S/c1-14-10-15(2)12-18(11-14)25-21-20(19-4-3-9-29-19)22(27)26(23(21)28)13-16-5-7-17(24)8-6-16/h3-12,25H,13H2,1-2H3. The molecule has 1 aliphatic rings. The third-order valence-electron chi connectivity index (χ3n) is 4.68. The van der Waals surface area contributed by atoms with Crippen molar-refractivity contribution in [2.75, 3.05) is 5.32 Å². The molecule has 0 atom stereocenters. The topological polar surface area (TPSA) is 49.4 Å². The Kier molecular flexibility index (Phi) is 5.26. The van der Waals surface area contributed by atoms with Gasteiger partial charge in [-0.25, -0.2) is 0 Å². The fourth-order valence-corrected chi connectivity index (χ4v) is 4.34. The summed E-state index contributed by atoms with van der Waals surface area (Å²) in [6, 6.07) is 16.9. The maximum atomic E-state index is 13.2. The molecule has 0 saturated heterocycles. The van der Waals surface area contributed by atoms with Crippen molar-refractivity contribution in [2.45, 2.75) is 20.4 Å². The van der Waals surface area contributed by atoms with E-state index in [0.29, 0.717) is 16.3 Å². The number of hydrogen-bond acceptors (Lipinski definition) is 4. The molecule has 1 aromatic heterocycles. The largest absolute Gasteiger partial charge is 0.350 e. The average molecular weight is 423 g/mol. The number of amides is 2. The summed E-state index contributed by atoms with van der Waals surface area (Å²) in [5.41, 5.74) is 4.53. The SMILES string of the molecule is Cc1cc(C)cc(NC2=C(c3cccs3)C(=O)N(Cc3ccc(Cl)cc3)C2=O)c1. The fraction of sp³-hybridized carbons (Fsp3) is 0.130. The van der Waals surface area contributed by atoms with Crippen LogP contribution in [0, 0.1) is 13.8 Å². The van der Waals surface area contributed by atoms with E-state index in [9.17, 15) is 9.59 Å². The predicted molar refractivity (Wildman–Crippen MR) is 118 cm³/mol. The Morgan fingerprint density at radius 1 is 0.966 bits per heavy atom. The van der Waals surface area contributed by atoms with Crippen LogP contribution in [0.4, 0.5) is 5.69 Å². The molecule has 1 aliphatic heterocycles. The Hall–Kier alpha value is -2.89. The first-order chi connectivity index (χ1) is 13.9. The molecule has 4 nitrogen and oxygen atoms in total. The zero-order chi connectivity index (χ0) is 20.5. The Balaban J connectivity index is 1.71. The highest BCUT2D eigenvalue weighted by atomic mass is 35.5. The molecule has 0 aliphatic carbocycles. The van der Waals surface area contributed by atoms with Gasteiger partial charge >= 0.3 is 0 Å². The van der Waals surface area contributed by atoms with Crippen molar-refractivity contribution >= 4 is 46.0 Å². The van der Waals surface area contributed by atoms with E-state index in [1.54, 1.807) is 12.1 Å². The molecule has 1 N–H and O–H groups in total. The normalized spacial score (nSPS) is 14.1. The van der Waals surface area contributed by atoms with Crippen LogP contribution in [0.2, 0.25) is 5.02 Å². The second-order valence-corrected chi connectivity index (χ2v) is 8.44. The fourth-order valence-electron chi connectivity index (χ4n) is 3.45. The summed E-state index contributed by atoms with van der Waals surface area (Å²) in [6.07, 6.45) is 0. The molecule has 4 rings (SSSR count). The van der Waals surface area contributed by atoms with Gasteiger partial charge in [0.15, 0.2) is 0 Å². The number of anilines is 1. The molecule has 0 bridgehead atoms. The number of benzene rings is 2. The minimum atomic E-state index is -0.326. The molecule has 0 spiro atoms. The molecule has 0 unspecified atom stereocenters. The first-order valence-corrected chi connectivity index (χ1v) is 10.4. The zero-order valence-corrected chi connectivity index (χ0v) is 17.6. The number of imide groups is 1. The number of hydrogen-bond donors (Lipinski definition) is 1. The van der Waals surface area contributed by atoms with Crippen LogP contribution in [0.5, 0.6) is 0 Å². The number of aryl methyl sites for hydroxylation is 2. The lowest BCUT2D eigenvalue weighted by atomic mass is 10.1. The summed E-state index contributed by atoms with van der Waals surface area (Å²) in [7, 11) is 0. The van der Waals surface area contributed by atoms with Crippen molar-refractivity contribution < 1.29 is 9.59 Å². The number of carbonyl (C=O) groups is 2. The van der Waals surface area contributed by atoms with Crippen molar-refractivity contribution in [3.8, 4) is 0 Å². The molecule has 146 valence electrons. The Morgan fingerprint density at radius 2 is 1.66 bits per heavy atom. The van der Waals surface area contributed by atoms with Crippen LogP contribution in [0.1, 0.15) is 21.6 Å². The highest BCUT2D eigenvalue weighted by Crippen LogP contribution is 2.34. The molecular weight excluding hydrogens is 404 g/mol. The van der Waals surface area contributed by atoms with E-state index in [0.717, 1.165) is 27.3 Å². The summed E-state index contributed by atoms with van der Waals surface area (Å²) >= 11 is 7.39. The third-order valence-corrected chi connectivity index (χ3v) is 5.82. The quantitative estimate of drug-likeness (QED) is 0.559. The minimum absolute atomic E-state index is 0.196. The maximum Gasteiger partial charge on any atom is 0.278 e. The molecule has 29 heavy (non-hydrogen) atoms. The molecule has 6 heteroatoms. The van der Waals surface area contributed by atoms with Crippen LogP contribution in [-0.2, 0) is 16.1 Å². The molecular formula is C23H19ClN2O2S. The molecule has 2 heterocycles. The average Bonchev–Trinajstić information content (AvgIpc) is 3.26. The van der Waals surface area contributed by atoms with Gasteiger partial charge in [-0.3, -0.25) is 14.5 Å². The summed E-state index contributed by atoms with van der Waals surface area (Å²) in [5, 5.41) is 5.73. The molecule has 0 fully saturated rings. The van der Waals surface area contributed by atoms with E-state index < -0.39 is 0 Å². The van der Waals surface area contributed by atoms with E-state index in [-0.39, 0.29) is 18.4 Å². The Labute approximate surface area is 178 Å². The van der Waals surface area contributed by atoms with Gasteiger partial charge in [0.2, 0.25) is 0 Å². The van der Waals surface area contributed by atoms with Crippen LogP contribution < -0.4 is 5.32 Å². The lowest BCUT2D eigenvalue weighted by Crippen LogP contribution is -2.31. The number of rotatable bonds is 5. The Morgan fingerprint density at radius 3 is 2.28 bits per heavy atom. The van der Waals surface area contributed by atoms with Crippen molar-refractivity contribution in [2.24, 2.45) is 0 Å². The number of nitrogens with zero attached hydrogens (tertiary/aromatic N) is 1. The Bertz CT molecular complexity index is 1100. The van der Waals surface area contributed by atoms with Gasteiger partial charge in [0.05, 0.1) is 12.1 Å². The summed E-state index contributed by atoms with van der Waals surface area (Å²) in [5.74, 6) is -0.619. The van der Waals surface area contributed by atoms with Gasteiger partial charge in [0.1, 0.15) is 5.70 Å². The monoisotopic (exact) mass is 422 g/mol. The molecule has 2 aromatic carbocycles. The van der Waals surface area contributed by atoms with Crippen molar-refractivity contribution in [3.63, 3.8) is 0 Å². The van der Waals surface area contributed by atoms with E-state index in [1.807, 2.05) is 55.6 Å². The van der Waals surface area contributed by atoms with Gasteiger partial charge in [-0.1, -0.05) is 35.9 Å². The van der Waals surface area contributed by atoms with Crippen molar-refractivity contribution in [1.82, 2.24) is 4.90 Å². The second-order valence-electron chi connectivity index (χ2n) is 7.05. The highest BCUT2D eigenvalue weighted by molar-refractivity contribution is 7.11. The van der Waals surface area contributed by atoms with Gasteiger partial charge in [-0.15, -0.1) is 11.3 Å². The highest BCUT2D eigenvalue weighted by Gasteiger charge is 2.39. The van der Waals surface area contributed by atoms with Gasteiger partial charge in [-0.05, 0) is 66.2 Å². The summed E-state index contributed by atoms with van der Waals surface area (Å²) in [4.78, 5) is 28.5. The second kappa shape index (κ2) is 7.85.